The predicted octanol–water partition coefficient (Wildman–Crippen LogP) is 11.8. The van der Waals surface area contributed by atoms with E-state index in [1.807, 2.05) is 0 Å². The summed E-state index contributed by atoms with van der Waals surface area (Å²) < 4.78 is 0. The second-order valence-electron chi connectivity index (χ2n) is 13.9. The molecule has 0 saturated carbocycles. The van der Waals surface area contributed by atoms with Gasteiger partial charge in [-0.1, -0.05) is 177 Å². The normalized spacial score (nSPS) is 13.3. The summed E-state index contributed by atoms with van der Waals surface area (Å²) in [5.41, 5.74) is 3.50. The van der Waals surface area contributed by atoms with Gasteiger partial charge in [-0.3, -0.25) is 0 Å². The van der Waals surface area contributed by atoms with E-state index in [1.54, 1.807) is 0 Å². The number of aromatic hydroxyl groups is 1. The van der Waals surface area contributed by atoms with Crippen LogP contribution in [0.25, 0.3) is 0 Å². The molecule has 1 aromatic rings. The van der Waals surface area contributed by atoms with Gasteiger partial charge < -0.3 is 5.11 Å². The van der Waals surface area contributed by atoms with Crippen molar-refractivity contribution in [1.29, 1.82) is 0 Å². The summed E-state index contributed by atoms with van der Waals surface area (Å²) in [6.45, 7) is 17.9. The molecule has 1 rings (SSSR count). The van der Waals surface area contributed by atoms with Crippen molar-refractivity contribution in [3.05, 3.63) is 28.8 Å². The molecule has 0 aromatic heterocycles. The lowest BCUT2D eigenvalue weighted by molar-refractivity contribution is 0.421. The molecule has 0 bridgehead atoms. The zero-order chi connectivity index (χ0) is 27.0. The van der Waals surface area contributed by atoms with Crippen LogP contribution in [0, 0.1) is 5.92 Å². The molecule has 0 saturated heterocycles. The monoisotopic (exact) mass is 500 g/mol. The lowest BCUT2D eigenvalue weighted by Gasteiger charge is -2.28. The highest BCUT2D eigenvalue weighted by Crippen LogP contribution is 2.40. The first kappa shape index (κ1) is 33.0. The highest BCUT2D eigenvalue weighted by Gasteiger charge is 2.26. The van der Waals surface area contributed by atoms with Crippen molar-refractivity contribution in [2.45, 2.75) is 182 Å². The fourth-order valence-corrected chi connectivity index (χ4v) is 5.50. The minimum atomic E-state index is -0.0444. The molecule has 0 aliphatic carbocycles. The summed E-state index contributed by atoms with van der Waals surface area (Å²) in [4.78, 5) is 0. The second-order valence-corrected chi connectivity index (χ2v) is 13.9. The van der Waals surface area contributed by atoms with Gasteiger partial charge >= 0.3 is 0 Å². The van der Waals surface area contributed by atoms with Crippen LogP contribution < -0.4 is 0 Å². The molecule has 36 heavy (non-hydrogen) atoms. The van der Waals surface area contributed by atoms with Gasteiger partial charge in [0.15, 0.2) is 0 Å². The van der Waals surface area contributed by atoms with Gasteiger partial charge in [-0.05, 0) is 39.9 Å². The van der Waals surface area contributed by atoms with E-state index in [-0.39, 0.29) is 10.8 Å². The van der Waals surface area contributed by atoms with E-state index in [9.17, 15) is 5.11 Å². The first-order chi connectivity index (χ1) is 17.0. The molecule has 1 heteroatoms. The molecule has 0 radical (unpaired) electrons. The van der Waals surface area contributed by atoms with E-state index in [2.05, 4.69) is 67.5 Å². The maximum Gasteiger partial charge on any atom is 0.123 e. The smallest absolute Gasteiger partial charge is 0.123 e. The Kier molecular flexibility index (Phi) is 16.1. The number of unbranched alkanes of at least 4 members (excludes halogenated alkanes) is 15. The largest absolute Gasteiger partial charge is 0.507 e. The lowest BCUT2D eigenvalue weighted by Crippen LogP contribution is -2.18. The third-order valence-electron chi connectivity index (χ3n) is 7.92. The maximum atomic E-state index is 11.0. The van der Waals surface area contributed by atoms with Crippen molar-refractivity contribution in [3.8, 4) is 5.75 Å². The van der Waals surface area contributed by atoms with Crippen LogP contribution >= 0.6 is 0 Å². The number of benzene rings is 1. The van der Waals surface area contributed by atoms with Crippen LogP contribution in [0.4, 0.5) is 0 Å². The quantitative estimate of drug-likeness (QED) is 0.187. The molecule has 0 aliphatic heterocycles. The molecular formula is C35H64O. The summed E-state index contributed by atoms with van der Waals surface area (Å²) in [6, 6.07) is 4.55. The molecular weight excluding hydrogens is 436 g/mol. The summed E-state index contributed by atoms with van der Waals surface area (Å²) in [7, 11) is 0. The number of phenols is 1. The Hall–Kier alpha value is -0.980. The van der Waals surface area contributed by atoms with Crippen LogP contribution in [0.3, 0.4) is 0 Å². The Bertz CT molecular complexity index is 653. The van der Waals surface area contributed by atoms with Gasteiger partial charge in [0.25, 0.3) is 0 Å². The number of rotatable bonds is 19. The highest BCUT2D eigenvalue weighted by molar-refractivity contribution is 5.50. The Morgan fingerprint density at radius 3 is 1.25 bits per heavy atom. The Morgan fingerprint density at radius 2 is 0.917 bits per heavy atom. The van der Waals surface area contributed by atoms with E-state index in [0.717, 1.165) is 17.5 Å². The van der Waals surface area contributed by atoms with Crippen LogP contribution in [0.15, 0.2) is 12.1 Å². The van der Waals surface area contributed by atoms with E-state index in [0.29, 0.717) is 11.7 Å². The average molecular weight is 501 g/mol. The van der Waals surface area contributed by atoms with Crippen LogP contribution in [-0.4, -0.2) is 5.11 Å². The zero-order valence-electron chi connectivity index (χ0n) is 25.9. The van der Waals surface area contributed by atoms with E-state index in [4.69, 9.17) is 0 Å². The van der Waals surface area contributed by atoms with Gasteiger partial charge in [0.2, 0.25) is 0 Å². The van der Waals surface area contributed by atoms with E-state index < -0.39 is 0 Å². The van der Waals surface area contributed by atoms with Crippen molar-refractivity contribution in [2.75, 3.05) is 0 Å². The van der Waals surface area contributed by atoms with Gasteiger partial charge in [0.1, 0.15) is 5.75 Å². The standard InChI is InChI=1S/C35H64O/c1-9-10-11-12-13-14-15-16-17-18-19-20-21-22-23-24-25-29(2)26-30-27-31(34(3,4)5)33(36)32(28-30)35(6,7)8/h27-29,36H,9-26H2,1-8H3. The molecule has 0 amide bonds. The summed E-state index contributed by atoms with van der Waals surface area (Å²) >= 11 is 0. The molecule has 0 heterocycles. The SMILES string of the molecule is CCCCCCCCCCCCCCCCCCC(C)Cc1cc(C(C)(C)C)c(O)c(C(C)(C)C)c1. The van der Waals surface area contributed by atoms with Gasteiger partial charge in [-0.2, -0.15) is 0 Å². The third kappa shape index (κ3) is 14.1. The number of hydrogen-bond donors (Lipinski definition) is 1. The highest BCUT2D eigenvalue weighted by atomic mass is 16.3. The van der Waals surface area contributed by atoms with Gasteiger partial charge in [0, 0.05) is 0 Å². The van der Waals surface area contributed by atoms with Crippen molar-refractivity contribution >= 4 is 0 Å². The Morgan fingerprint density at radius 1 is 0.583 bits per heavy atom. The van der Waals surface area contributed by atoms with E-state index >= 15 is 0 Å². The van der Waals surface area contributed by atoms with Crippen molar-refractivity contribution < 1.29 is 5.11 Å². The number of phenolic OH excluding ortho intramolecular Hbond substituents is 1. The lowest BCUT2D eigenvalue weighted by atomic mass is 9.77. The van der Waals surface area contributed by atoms with Crippen molar-refractivity contribution in [3.63, 3.8) is 0 Å². The van der Waals surface area contributed by atoms with Crippen LogP contribution in [0.2, 0.25) is 0 Å². The molecule has 210 valence electrons. The summed E-state index contributed by atoms with van der Waals surface area (Å²) in [6.07, 6.45) is 25.3. The summed E-state index contributed by atoms with van der Waals surface area (Å²) in [5.74, 6) is 1.20. The zero-order valence-corrected chi connectivity index (χ0v) is 25.9. The molecule has 1 N–H and O–H groups in total. The molecule has 0 spiro atoms. The van der Waals surface area contributed by atoms with Crippen molar-refractivity contribution in [2.24, 2.45) is 5.92 Å². The molecule has 0 fully saturated rings. The second kappa shape index (κ2) is 17.5. The molecule has 0 aliphatic rings. The minimum Gasteiger partial charge on any atom is -0.507 e. The average Bonchev–Trinajstić information content (AvgIpc) is 2.78. The number of hydrogen-bond acceptors (Lipinski definition) is 1. The molecule has 1 aromatic carbocycles. The maximum absolute atomic E-state index is 11.0. The van der Waals surface area contributed by atoms with Crippen LogP contribution in [0.1, 0.15) is 181 Å². The fraction of sp³-hybridized carbons (Fsp3) is 0.829. The Balaban J connectivity index is 2.20. The third-order valence-corrected chi connectivity index (χ3v) is 7.92. The molecule has 1 nitrogen and oxygen atoms in total. The molecule has 1 atom stereocenters. The van der Waals surface area contributed by atoms with Gasteiger partial charge in [0.05, 0.1) is 0 Å². The first-order valence-electron chi connectivity index (χ1n) is 15.8. The van der Waals surface area contributed by atoms with Crippen molar-refractivity contribution in [1.82, 2.24) is 0 Å². The minimum absolute atomic E-state index is 0.0444. The van der Waals surface area contributed by atoms with Crippen LogP contribution in [-0.2, 0) is 17.3 Å². The van der Waals surface area contributed by atoms with E-state index in [1.165, 1.54) is 115 Å². The molecule has 1 unspecified atom stereocenters. The Labute approximate surface area is 227 Å². The topological polar surface area (TPSA) is 20.2 Å². The van der Waals surface area contributed by atoms with Gasteiger partial charge in [-0.15, -0.1) is 0 Å². The van der Waals surface area contributed by atoms with Gasteiger partial charge in [-0.25, -0.2) is 0 Å². The van der Waals surface area contributed by atoms with Crippen LogP contribution in [0.5, 0.6) is 5.75 Å². The first-order valence-corrected chi connectivity index (χ1v) is 15.8. The summed E-state index contributed by atoms with van der Waals surface area (Å²) in [5, 5.41) is 11.0. The fourth-order valence-electron chi connectivity index (χ4n) is 5.50. The predicted molar refractivity (Wildman–Crippen MR) is 163 cm³/mol.